The second kappa shape index (κ2) is 18.0. The molecule has 3 aromatic rings. The van der Waals surface area contributed by atoms with Crippen LogP contribution in [0.2, 0.25) is 0 Å². The molecule has 0 saturated carbocycles. The number of nitrogens with two attached hydrogens (primary N) is 1. The van der Waals surface area contributed by atoms with Gasteiger partial charge in [-0.2, -0.15) is 13.2 Å². The monoisotopic (exact) mass is 713 g/mol. The molecule has 0 heterocycles. The quantitative estimate of drug-likeness (QED) is 0.118. The van der Waals surface area contributed by atoms with E-state index < -0.39 is 84.7 Å². The lowest BCUT2D eigenvalue weighted by atomic mass is 9.99. The summed E-state index contributed by atoms with van der Waals surface area (Å²) >= 11 is 0. The van der Waals surface area contributed by atoms with E-state index in [0.29, 0.717) is 5.56 Å². The van der Waals surface area contributed by atoms with Crippen molar-refractivity contribution in [1.29, 1.82) is 0 Å². The van der Waals surface area contributed by atoms with Gasteiger partial charge in [-0.3, -0.25) is 24.0 Å². The van der Waals surface area contributed by atoms with Crippen LogP contribution < -0.4 is 27.0 Å². The number of aliphatic hydroxyl groups excluding tert-OH is 1. The molecule has 274 valence electrons. The average molecular weight is 714 g/mol. The number of hydrogen-bond acceptors (Lipinski definition) is 7. The van der Waals surface area contributed by atoms with Gasteiger partial charge in [-0.15, -0.1) is 0 Å². The molecule has 5 atom stereocenters. The van der Waals surface area contributed by atoms with Crippen molar-refractivity contribution >= 4 is 29.5 Å². The number of alkyl halides is 3. The molecule has 5 amide bonds. The smallest absolute Gasteiger partial charge is 0.416 e. The minimum absolute atomic E-state index is 0.0552. The first-order valence-corrected chi connectivity index (χ1v) is 16.1. The minimum atomic E-state index is -5.13. The molecule has 0 aliphatic carbocycles. The number of primary amides is 1. The number of rotatable bonds is 16. The first-order chi connectivity index (χ1) is 24.0. The van der Waals surface area contributed by atoms with E-state index in [-0.39, 0.29) is 17.7 Å². The van der Waals surface area contributed by atoms with Crippen LogP contribution in [0.25, 0.3) is 11.1 Å². The minimum Gasteiger partial charge on any atom is -0.508 e. The number of amides is 5. The number of carbonyl (C=O) groups excluding carboxylic acids is 5. The number of aromatic hydroxyl groups is 1. The fourth-order valence-electron chi connectivity index (χ4n) is 5.06. The zero-order valence-electron chi connectivity index (χ0n) is 28.2. The molecule has 8 N–H and O–H groups in total. The van der Waals surface area contributed by atoms with Gasteiger partial charge in [0, 0.05) is 18.4 Å². The molecule has 0 aromatic heterocycles. The highest BCUT2D eigenvalue weighted by Gasteiger charge is 2.44. The normalized spacial score (nSPS) is 14.4. The highest BCUT2D eigenvalue weighted by Crippen LogP contribution is 2.24. The molecule has 15 heteroatoms. The predicted octanol–water partition coefficient (Wildman–Crippen LogP) is 2.72. The molecule has 0 radical (unpaired) electrons. The van der Waals surface area contributed by atoms with Crippen molar-refractivity contribution in [2.75, 3.05) is 0 Å². The molecule has 3 rings (SSSR count). The van der Waals surface area contributed by atoms with Crippen LogP contribution in [0.5, 0.6) is 5.75 Å². The van der Waals surface area contributed by atoms with Crippen LogP contribution in [0.1, 0.15) is 49.5 Å². The molecule has 0 fully saturated rings. The van der Waals surface area contributed by atoms with E-state index in [9.17, 15) is 47.4 Å². The Hall–Kier alpha value is -5.44. The van der Waals surface area contributed by atoms with Gasteiger partial charge >= 0.3 is 6.18 Å². The van der Waals surface area contributed by atoms with Gasteiger partial charge < -0.3 is 37.2 Å². The number of carbonyl (C=O) groups is 5. The number of phenols is 1. The van der Waals surface area contributed by atoms with Crippen LogP contribution in [0.3, 0.4) is 0 Å². The molecule has 0 bridgehead atoms. The zero-order valence-corrected chi connectivity index (χ0v) is 28.2. The van der Waals surface area contributed by atoms with Gasteiger partial charge in [0.15, 0.2) is 6.10 Å². The van der Waals surface area contributed by atoms with Crippen LogP contribution in [0, 0.1) is 5.92 Å². The largest absolute Gasteiger partial charge is 0.508 e. The number of nitrogens with one attached hydrogen (secondary N) is 4. The van der Waals surface area contributed by atoms with Crippen molar-refractivity contribution in [3.63, 3.8) is 0 Å². The lowest BCUT2D eigenvalue weighted by molar-refractivity contribution is -0.212. The summed E-state index contributed by atoms with van der Waals surface area (Å²) in [4.78, 5) is 64.4. The maximum absolute atomic E-state index is 13.6. The molecule has 3 aromatic carbocycles. The van der Waals surface area contributed by atoms with Crippen molar-refractivity contribution < 1.29 is 47.4 Å². The lowest BCUT2D eigenvalue weighted by Crippen LogP contribution is -2.59. The topological polar surface area (TPSA) is 200 Å². The Bertz CT molecular complexity index is 1650. The summed E-state index contributed by atoms with van der Waals surface area (Å²) in [6, 6.07) is 16.1. The summed E-state index contributed by atoms with van der Waals surface area (Å²) in [7, 11) is 0. The molecule has 5 unspecified atom stereocenters. The zero-order chi connectivity index (χ0) is 37.9. The van der Waals surface area contributed by atoms with Crippen LogP contribution in [-0.4, -0.2) is 76.2 Å². The molecular weight excluding hydrogens is 671 g/mol. The Kier molecular flexibility index (Phi) is 14.1. The third-order valence-corrected chi connectivity index (χ3v) is 8.00. The summed E-state index contributed by atoms with van der Waals surface area (Å²) in [6.45, 7) is 4.56. The highest BCUT2D eigenvalue weighted by atomic mass is 19.4. The molecular formula is C36H42F3N5O7. The van der Waals surface area contributed by atoms with Crippen LogP contribution in [0.15, 0.2) is 78.9 Å². The van der Waals surface area contributed by atoms with Crippen LogP contribution in [0.4, 0.5) is 13.2 Å². The van der Waals surface area contributed by atoms with Gasteiger partial charge in [0.05, 0.1) is 6.04 Å². The second-order valence-electron chi connectivity index (χ2n) is 12.4. The van der Waals surface area contributed by atoms with Crippen LogP contribution in [-0.2, 0) is 25.6 Å². The van der Waals surface area contributed by atoms with E-state index in [2.05, 4.69) is 16.0 Å². The number of aliphatic hydroxyl groups is 1. The average Bonchev–Trinajstić information content (AvgIpc) is 3.08. The van der Waals surface area contributed by atoms with Crippen molar-refractivity contribution in [1.82, 2.24) is 21.3 Å². The Morgan fingerprint density at radius 2 is 1.33 bits per heavy atom. The van der Waals surface area contributed by atoms with Gasteiger partial charge in [-0.25, -0.2) is 0 Å². The molecule has 51 heavy (non-hydrogen) atoms. The Morgan fingerprint density at radius 1 is 0.745 bits per heavy atom. The fourth-order valence-corrected chi connectivity index (χ4v) is 5.06. The van der Waals surface area contributed by atoms with Gasteiger partial charge in [0.1, 0.15) is 23.9 Å². The van der Waals surface area contributed by atoms with Gasteiger partial charge in [-0.05, 0) is 60.2 Å². The third kappa shape index (κ3) is 12.1. The summed E-state index contributed by atoms with van der Waals surface area (Å²) in [5.41, 5.74) is 7.65. The molecule has 0 aliphatic rings. The number of phenolic OH excluding ortho intramolecular Hbond substituents is 1. The van der Waals surface area contributed by atoms with Gasteiger partial charge in [-0.1, -0.05) is 68.4 Å². The van der Waals surface area contributed by atoms with E-state index in [1.807, 2.05) is 35.6 Å². The van der Waals surface area contributed by atoms with Crippen molar-refractivity contribution in [2.24, 2.45) is 11.7 Å². The Balaban J connectivity index is 1.76. The highest BCUT2D eigenvalue weighted by molar-refractivity contribution is 5.99. The van der Waals surface area contributed by atoms with E-state index in [1.165, 1.54) is 31.2 Å². The maximum atomic E-state index is 13.6. The van der Waals surface area contributed by atoms with E-state index in [1.54, 1.807) is 38.1 Å². The van der Waals surface area contributed by atoms with E-state index >= 15 is 0 Å². The predicted molar refractivity (Wildman–Crippen MR) is 182 cm³/mol. The third-order valence-electron chi connectivity index (χ3n) is 8.00. The molecule has 0 saturated heterocycles. The molecule has 12 nitrogen and oxygen atoms in total. The molecule has 0 spiro atoms. The number of hydrogen-bond donors (Lipinski definition) is 7. The Morgan fingerprint density at radius 3 is 1.88 bits per heavy atom. The van der Waals surface area contributed by atoms with Gasteiger partial charge in [0.2, 0.25) is 23.6 Å². The first kappa shape index (κ1) is 40.0. The van der Waals surface area contributed by atoms with Crippen molar-refractivity contribution in [3.05, 3.63) is 90.0 Å². The SMILES string of the molecule is CC(NC(=O)C(Cc1ccc(O)cc1)NC(=O)C(NC(=O)c1ccc(-c2ccccc2)cc1)C(C)C)C(=O)NC(CCC(N)=O)C(O)C(F)(F)F. The summed E-state index contributed by atoms with van der Waals surface area (Å²) in [5.74, 6) is -4.72. The summed E-state index contributed by atoms with van der Waals surface area (Å²) in [5, 5.41) is 29.1. The van der Waals surface area contributed by atoms with E-state index in [4.69, 9.17) is 5.73 Å². The fraction of sp³-hybridized carbons (Fsp3) is 0.361. The van der Waals surface area contributed by atoms with Crippen molar-refractivity contribution in [3.8, 4) is 16.9 Å². The van der Waals surface area contributed by atoms with Gasteiger partial charge in [0.25, 0.3) is 5.91 Å². The lowest BCUT2D eigenvalue weighted by Gasteiger charge is -2.28. The first-order valence-electron chi connectivity index (χ1n) is 16.1. The Labute approximate surface area is 293 Å². The van der Waals surface area contributed by atoms with E-state index in [0.717, 1.165) is 11.1 Å². The molecule has 0 aliphatic heterocycles. The maximum Gasteiger partial charge on any atom is 0.416 e. The summed E-state index contributed by atoms with van der Waals surface area (Å²) in [6.07, 6.45) is -9.47. The summed E-state index contributed by atoms with van der Waals surface area (Å²) < 4.78 is 39.8. The number of benzene rings is 3. The van der Waals surface area contributed by atoms with Crippen LogP contribution >= 0.6 is 0 Å². The van der Waals surface area contributed by atoms with Crippen molar-refractivity contribution in [2.45, 2.75) is 76.5 Å². The second-order valence-corrected chi connectivity index (χ2v) is 12.4. The number of halogens is 3. The standard InChI is InChI=1S/C36H42F3N5O7/c1-20(2)30(44-33(49)25-13-11-24(12-14-25)23-7-5-4-6-8-23)35(51)43-28(19-22-9-15-26(45)16-10-22)34(50)41-21(3)32(48)42-27(17-18-29(40)46)31(47)36(37,38)39/h4-16,20-21,27-28,30-31,45,47H,17-19H2,1-3H3,(H2,40,46)(H,41,50)(H,42,48)(H,43,51)(H,44,49).